The number of carbonyl (C=O) groups excluding carboxylic acids is 2. The Kier molecular flexibility index (Phi) is 5.01. The van der Waals surface area contributed by atoms with Gasteiger partial charge in [0.2, 0.25) is 5.67 Å². The van der Waals surface area contributed by atoms with E-state index in [4.69, 9.17) is 0 Å². The van der Waals surface area contributed by atoms with Crippen LogP contribution in [0.4, 0.5) is 4.39 Å². The van der Waals surface area contributed by atoms with Gasteiger partial charge in [-0.1, -0.05) is 0 Å². The SMILES string of the molecule is Cc1cc(C(=O)N2CCCC(F)(C(=O)NCc3ccncc3)C2)nn1C. The Morgan fingerprint density at radius 2 is 2.08 bits per heavy atom. The van der Waals surface area contributed by atoms with Gasteiger partial charge >= 0.3 is 0 Å². The molecule has 1 unspecified atom stereocenters. The Balaban J connectivity index is 1.65. The third-order valence-electron chi connectivity index (χ3n) is 4.67. The number of aryl methyl sites for hydroxylation is 2. The Labute approximate surface area is 151 Å². The lowest BCUT2D eigenvalue weighted by molar-refractivity contribution is -0.136. The van der Waals surface area contributed by atoms with Crippen LogP contribution in [-0.4, -0.2) is 50.2 Å². The summed E-state index contributed by atoms with van der Waals surface area (Å²) in [7, 11) is 1.74. The molecule has 2 aromatic rings. The summed E-state index contributed by atoms with van der Waals surface area (Å²) in [6.07, 6.45) is 3.75. The standard InChI is InChI=1S/C18H22FN5O2/c1-13-10-15(22-23(13)2)16(25)24-9-3-6-18(19,12-24)17(26)21-11-14-4-7-20-8-5-14/h4-5,7-8,10H,3,6,9,11-12H2,1-2H3,(H,21,26). The van der Waals surface area contributed by atoms with E-state index >= 15 is 4.39 Å². The summed E-state index contributed by atoms with van der Waals surface area (Å²) in [4.78, 5) is 30.3. The third kappa shape index (κ3) is 3.74. The number of rotatable bonds is 4. The van der Waals surface area contributed by atoms with Crippen LogP contribution in [0.1, 0.15) is 34.6 Å². The van der Waals surface area contributed by atoms with E-state index in [2.05, 4.69) is 15.4 Å². The number of alkyl halides is 1. The van der Waals surface area contributed by atoms with E-state index in [9.17, 15) is 9.59 Å². The number of hydrogen-bond donors (Lipinski definition) is 1. The first-order valence-corrected chi connectivity index (χ1v) is 8.55. The third-order valence-corrected chi connectivity index (χ3v) is 4.67. The van der Waals surface area contributed by atoms with Crippen LogP contribution in [0.15, 0.2) is 30.6 Å². The highest BCUT2D eigenvalue weighted by Crippen LogP contribution is 2.27. The minimum Gasteiger partial charge on any atom is -0.349 e. The maximum absolute atomic E-state index is 15.2. The molecule has 3 heterocycles. The van der Waals surface area contributed by atoms with E-state index in [1.165, 1.54) is 4.90 Å². The summed E-state index contributed by atoms with van der Waals surface area (Å²) in [5.41, 5.74) is -0.145. The van der Waals surface area contributed by atoms with E-state index in [0.717, 1.165) is 11.3 Å². The molecule has 1 aliphatic heterocycles. The maximum atomic E-state index is 15.2. The largest absolute Gasteiger partial charge is 0.349 e. The van der Waals surface area contributed by atoms with Crippen LogP contribution in [-0.2, 0) is 18.4 Å². The number of pyridine rings is 1. The molecule has 0 saturated carbocycles. The number of nitrogens with zero attached hydrogens (tertiary/aromatic N) is 4. The first-order valence-electron chi connectivity index (χ1n) is 8.55. The molecule has 26 heavy (non-hydrogen) atoms. The van der Waals surface area contributed by atoms with Gasteiger partial charge in [-0.15, -0.1) is 0 Å². The highest BCUT2D eigenvalue weighted by atomic mass is 19.1. The molecule has 7 nitrogen and oxygen atoms in total. The molecular formula is C18H22FN5O2. The monoisotopic (exact) mass is 359 g/mol. The lowest BCUT2D eigenvalue weighted by Crippen LogP contribution is -2.55. The highest BCUT2D eigenvalue weighted by Gasteiger charge is 2.44. The van der Waals surface area contributed by atoms with Crippen molar-refractivity contribution in [1.82, 2.24) is 25.0 Å². The van der Waals surface area contributed by atoms with Gasteiger partial charge in [0, 0.05) is 38.2 Å². The maximum Gasteiger partial charge on any atom is 0.274 e. The normalized spacial score (nSPS) is 20.0. The molecular weight excluding hydrogens is 337 g/mol. The summed E-state index contributed by atoms with van der Waals surface area (Å²) >= 11 is 0. The summed E-state index contributed by atoms with van der Waals surface area (Å²) in [6.45, 7) is 2.22. The number of likely N-dealkylation sites (tertiary alicyclic amines) is 1. The molecule has 1 atom stereocenters. The van der Waals surface area contributed by atoms with Crippen molar-refractivity contribution in [3.63, 3.8) is 0 Å². The first-order chi connectivity index (χ1) is 12.4. The molecule has 2 amide bonds. The van der Waals surface area contributed by atoms with Crippen molar-refractivity contribution < 1.29 is 14.0 Å². The zero-order valence-electron chi connectivity index (χ0n) is 14.9. The van der Waals surface area contributed by atoms with Gasteiger partial charge in [-0.3, -0.25) is 19.3 Å². The molecule has 2 aromatic heterocycles. The van der Waals surface area contributed by atoms with E-state index in [0.29, 0.717) is 13.0 Å². The Hall–Kier alpha value is -2.77. The predicted octanol–water partition coefficient (Wildman–Crippen LogP) is 1.38. The second-order valence-electron chi connectivity index (χ2n) is 6.63. The number of hydrogen-bond acceptors (Lipinski definition) is 4. The van der Waals surface area contributed by atoms with Gasteiger partial charge in [0.05, 0.1) is 6.54 Å². The van der Waals surface area contributed by atoms with Crippen LogP contribution in [0.2, 0.25) is 0 Å². The van der Waals surface area contributed by atoms with Crippen LogP contribution in [0.3, 0.4) is 0 Å². The van der Waals surface area contributed by atoms with Crippen molar-refractivity contribution in [2.75, 3.05) is 13.1 Å². The molecule has 1 aliphatic rings. The van der Waals surface area contributed by atoms with Gasteiger partial charge in [-0.25, -0.2) is 4.39 Å². The minimum atomic E-state index is -2.09. The van der Waals surface area contributed by atoms with Gasteiger partial charge in [0.1, 0.15) is 0 Å². The molecule has 1 fully saturated rings. The first kappa shape index (κ1) is 18.0. The van der Waals surface area contributed by atoms with Crippen LogP contribution >= 0.6 is 0 Å². The van der Waals surface area contributed by atoms with E-state index in [1.54, 1.807) is 42.3 Å². The number of nitrogens with one attached hydrogen (secondary N) is 1. The Morgan fingerprint density at radius 3 is 2.73 bits per heavy atom. The molecule has 0 radical (unpaired) electrons. The second-order valence-corrected chi connectivity index (χ2v) is 6.63. The number of amides is 2. The van der Waals surface area contributed by atoms with Gasteiger partial charge in [0.25, 0.3) is 11.8 Å². The number of halogens is 1. The Morgan fingerprint density at radius 1 is 1.35 bits per heavy atom. The fourth-order valence-electron chi connectivity index (χ4n) is 3.04. The molecule has 1 N–H and O–H groups in total. The van der Waals surface area contributed by atoms with Crippen molar-refractivity contribution in [1.29, 1.82) is 0 Å². The number of aromatic nitrogens is 3. The van der Waals surface area contributed by atoms with E-state index < -0.39 is 11.6 Å². The fraction of sp³-hybridized carbons (Fsp3) is 0.444. The number of carbonyl (C=O) groups is 2. The Bertz CT molecular complexity index is 788. The average Bonchev–Trinajstić information content (AvgIpc) is 2.98. The van der Waals surface area contributed by atoms with Crippen LogP contribution in [0.25, 0.3) is 0 Å². The topological polar surface area (TPSA) is 80.1 Å². The summed E-state index contributed by atoms with van der Waals surface area (Å²) < 4.78 is 16.8. The summed E-state index contributed by atoms with van der Waals surface area (Å²) in [5, 5.41) is 6.77. The highest BCUT2D eigenvalue weighted by molar-refractivity contribution is 5.93. The van der Waals surface area contributed by atoms with Gasteiger partial charge in [0.15, 0.2) is 5.69 Å². The van der Waals surface area contributed by atoms with Crippen molar-refractivity contribution in [2.24, 2.45) is 7.05 Å². The quantitative estimate of drug-likeness (QED) is 0.894. The van der Waals surface area contributed by atoms with Crippen molar-refractivity contribution in [3.05, 3.63) is 47.5 Å². The molecule has 138 valence electrons. The van der Waals surface area contributed by atoms with E-state index in [-0.39, 0.29) is 31.1 Å². The van der Waals surface area contributed by atoms with Gasteiger partial charge in [-0.2, -0.15) is 5.10 Å². The van der Waals surface area contributed by atoms with Gasteiger partial charge in [-0.05, 0) is 43.5 Å². The summed E-state index contributed by atoms with van der Waals surface area (Å²) in [6, 6.07) is 5.18. The minimum absolute atomic E-state index is 0.0974. The second kappa shape index (κ2) is 7.23. The molecule has 8 heteroatoms. The molecule has 0 aliphatic carbocycles. The molecule has 3 rings (SSSR count). The van der Waals surface area contributed by atoms with Crippen LogP contribution < -0.4 is 5.32 Å². The van der Waals surface area contributed by atoms with Crippen LogP contribution in [0, 0.1) is 6.92 Å². The van der Waals surface area contributed by atoms with Crippen molar-refractivity contribution >= 4 is 11.8 Å². The molecule has 0 bridgehead atoms. The lowest BCUT2D eigenvalue weighted by atomic mass is 9.93. The molecule has 0 aromatic carbocycles. The average molecular weight is 359 g/mol. The molecule has 0 spiro atoms. The van der Waals surface area contributed by atoms with E-state index in [1.807, 2.05) is 6.92 Å². The molecule has 1 saturated heterocycles. The predicted molar refractivity (Wildman–Crippen MR) is 93.0 cm³/mol. The van der Waals surface area contributed by atoms with Crippen LogP contribution in [0.5, 0.6) is 0 Å². The lowest BCUT2D eigenvalue weighted by Gasteiger charge is -2.36. The zero-order valence-corrected chi connectivity index (χ0v) is 14.9. The van der Waals surface area contributed by atoms with Crippen molar-refractivity contribution in [3.8, 4) is 0 Å². The zero-order chi connectivity index (χ0) is 18.7. The number of piperidine rings is 1. The van der Waals surface area contributed by atoms with Crippen molar-refractivity contribution in [2.45, 2.75) is 32.0 Å². The smallest absolute Gasteiger partial charge is 0.274 e. The fourth-order valence-corrected chi connectivity index (χ4v) is 3.04. The van der Waals surface area contributed by atoms with Gasteiger partial charge < -0.3 is 10.2 Å². The summed E-state index contributed by atoms with van der Waals surface area (Å²) in [5.74, 6) is -1.04.